The zero-order chi connectivity index (χ0) is 16.9. The molecular formula is C17H22ClNO4S. The first kappa shape index (κ1) is 16.8. The number of aliphatic hydroxyl groups is 1. The lowest BCUT2D eigenvalue weighted by Crippen LogP contribution is -2.59. The Bertz CT molecular complexity index is 713. The normalized spacial score (nSPS) is 30.2. The molecule has 4 rings (SSSR count). The van der Waals surface area contributed by atoms with E-state index in [-0.39, 0.29) is 29.0 Å². The lowest BCUT2D eigenvalue weighted by atomic mass is 9.95. The maximum Gasteiger partial charge on any atom is 0.243 e. The number of nitrogens with zero attached hydrogens (tertiary/aromatic N) is 1. The third-order valence-corrected chi connectivity index (χ3v) is 7.87. The first-order valence-electron chi connectivity index (χ1n) is 8.46. The molecule has 7 heteroatoms. The van der Waals surface area contributed by atoms with Crippen LogP contribution >= 0.6 is 11.6 Å². The van der Waals surface area contributed by atoms with Crippen LogP contribution < -0.4 is 0 Å². The number of benzene rings is 1. The smallest absolute Gasteiger partial charge is 0.243 e. The van der Waals surface area contributed by atoms with E-state index < -0.39 is 10.0 Å². The maximum absolute atomic E-state index is 13.4. The minimum Gasteiger partial charge on any atom is -0.396 e. The quantitative estimate of drug-likeness (QED) is 0.862. The minimum absolute atomic E-state index is 0.00501. The van der Waals surface area contributed by atoms with Crippen LogP contribution in [0.3, 0.4) is 0 Å². The minimum atomic E-state index is -3.65. The molecule has 0 radical (unpaired) electrons. The maximum atomic E-state index is 13.4. The van der Waals surface area contributed by atoms with Crippen molar-refractivity contribution in [1.29, 1.82) is 0 Å². The Labute approximate surface area is 147 Å². The van der Waals surface area contributed by atoms with Crippen LogP contribution in [0.4, 0.5) is 0 Å². The predicted octanol–water partition coefficient (Wildman–Crippen LogP) is 2.28. The van der Waals surface area contributed by atoms with Gasteiger partial charge in [0.1, 0.15) is 0 Å². The molecule has 2 saturated carbocycles. The highest BCUT2D eigenvalue weighted by atomic mass is 35.5. The fourth-order valence-corrected chi connectivity index (χ4v) is 5.84. The molecule has 1 aromatic rings. The van der Waals surface area contributed by atoms with Gasteiger partial charge in [-0.15, -0.1) is 0 Å². The van der Waals surface area contributed by atoms with Gasteiger partial charge in [0.05, 0.1) is 36.8 Å². The molecule has 2 atom stereocenters. The van der Waals surface area contributed by atoms with Crippen LogP contribution in [0.5, 0.6) is 0 Å². The van der Waals surface area contributed by atoms with E-state index in [0.717, 1.165) is 25.7 Å². The van der Waals surface area contributed by atoms with E-state index in [1.54, 1.807) is 28.6 Å². The Morgan fingerprint density at radius 2 is 1.88 bits per heavy atom. The van der Waals surface area contributed by atoms with Crippen molar-refractivity contribution >= 4 is 21.6 Å². The zero-order valence-electron chi connectivity index (χ0n) is 13.4. The lowest BCUT2D eigenvalue weighted by Gasteiger charge is -2.44. The van der Waals surface area contributed by atoms with E-state index in [2.05, 4.69) is 0 Å². The van der Waals surface area contributed by atoms with Crippen LogP contribution in [-0.4, -0.2) is 49.7 Å². The zero-order valence-corrected chi connectivity index (χ0v) is 15.0. The predicted molar refractivity (Wildman–Crippen MR) is 90.3 cm³/mol. The van der Waals surface area contributed by atoms with Crippen LogP contribution in [0, 0.1) is 11.3 Å². The van der Waals surface area contributed by atoms with Crippen LogP contribution in [0.25, 0.3) is 0 Å². The van der Waals surface area contributed by atoms with Crippen molar-refractivity contribution in [3.05, 3.63) is 29.3 Å². The SMILES string of the molecule is O=S(=O)(c1ccc(Cl)cc1)N1[C@H](C2CC2)COC[C@@H]1C1(CO)CC1. The number of morpholine rings is 1. The second-order valence-electron chi connectivity index (χ2n) is 7.27. The van der Waals surface area contributed by atoms with Gasteiger partial charge in [0.25, 0.3) is 0 Å². The molecule has 132 valence electrons. The van der Waals surface area contributed by atoms with Gasteiger partial charge in [-0.3, -0.25) is 0 Å². The monoisotopic (exact) mass is 371 g/mol. The third-order valence-electron chi connectivity index (χ3n) is 5.67. The van der Waals surface area contributed by atoms with Gasteiger partial charge in [0, 0.05) is 10.4 Å². The van der Waals surface area contributed by atoms with Gasteiger partial charge in [0.15, 0.2) is 0 Å². The largest absolute Gasteiger partial charge is 0.396 e. The highest BCUT2D eigenvalue weighted by Crippen LogP contribution is 2.53. The summed E-state index contributed by atoms with van der Waals surface area (Å²) in [5.41, 5.74) is -0.340. The summed E-state index contributed by atoms with van der Waals surface area (Å²) in [6.07, 6.45) is 3.78. The Morgan fingerprint density at radius 1 is 1.21 bits per heavy atom. The van der Waals surface area contributed by atoms with Gasteiger partial charge < -0.3 is 9.84 Å². The van der Waals surface area contributed by atoms with E-state index in [1.807, 2.05) is 0 Å². The van der Waals surface area contributed by atoms with Gasteiger partial charge in [-0.2, -0.15) is 4.31 Å². The van der Waals surface area contributed by atoms with Crippen molar-refractivity contribution in [1.82, 2.24) is 4.31 Å². The standard InChI is InChI=1S/C17H22ClNO4S/c18-13-3-5-14(6-4-13)24(21,22)19-15(12-1-2-12)9-23-10-16(19)17(11-20)7-8-17/h3-6,12,15-16,20H,1-2,7-11H2/t15-,16+/m0/s1. The number of hydrogen-bond donors (Lipinski definition) is 1. The fraction of sp³-hybridized carbons (Fsp3) is 0.647. The summed E-state index contributed by atoms with van der Waals surface area (Å²) in [6.45, 7) is 0.803. The van der Waals surface area contributed by atoms with Gasteiger partial charge in [-0.1, -0.05) is 11.6 Å². The Kier molecular flexibility index (Phi) is 4.16. The second-order valence-corrected chi connectivity index (χ2v) is 9.55. The molecule has 0 bridgehead atoms. The van der Waals surface area contributed by atoms with Crippen LogP contribution in [-0.2, 0) is 14.8 Å². The second kappa shape index (κ2) is 5.95. The number of halogens is 1. The average molecular weight is 372 g/mol. The number of rotatable bonds is 5. The summed E-state index contributed by atoms with van der Waals surface area (Å²) < 4.78 is 34.2. The number of aliphatic hydroxyl groups excluding tert-OH is 1. The molecule has 24 heavy (non-hydrogen) atoms. The van der Waals surface area contributed by atoms with Crippen molar-refractivity contribution in [2.75, 3.05) is 19.8 Å². The van der Waals surface area contributed by atoms with Gasteiger partial charge in [0.2, 0.25) is 10.0 Å². The average Bonchev–Trinajstić information content (AvgIpc) is 3.49. The van der Waals surface area contributed by atoms with Crippen molar-refractivity contribution in [2.24, 2.45) is 11.3 Å². The van der Waals surface area contributed by atoms with E-state index in [0.29, 0.717) is 24.2 Å². The van der Waals surface area contributed by atoms with E-state index in [1.165, 1.54) is 0 Å². The van der Waals surface area contributed by atoms with Crippen molar-refractivity contribution in [2.45, 2.75) is 42.7 Å². The number of ether oxygens (including phenoxy) is 1. The topological polar surface area (TPSA) is 66.8 Å². The summed E-state index contributed by atoms with van der Waals surface area (Å²) in [7, 11) is -3.65. The summed E-state index contributed by atoms with van der Waals surface area (Å²) in [4.78, 5) is 0.262. The Hall–Kier alpha value is -0.660. The third kappa shape index (κ3) is 2.78. The van der Waals surface area contributed by atoms with E-state index >= 15 is 0 Å². The molecule has 2 aliphatic carbocycles. The van der Waals surface area contributed by atoms with Gasteiger partial charge >= 0.3 is 0 Å². The first-order valence-corrected chi connectivity index (χ1v) is 10.3. The molecule has 1 aliphatic heterocycles. The van der Waals surface area contributed by atoms with Gasteiger partial charge in [-0.25, -0.2) is 8.42 Å². The summed E-state index contributed by atoms with van der Waals surface area (Å²) in [5.74, 6) is 0.365. The summed E-state index contributed by atoms with van der Waals surface area (Å²) in [5, 5.41) is 10.4. The Balaban J connectivity index is 1.75. The fourth-order valence-electron chi connectivity index (χ4n) is 3.78. The van der Waals surface area contributed by atoms with Crippen molar-refractivity contribution in [3.8, 4) is 0 Å². The molecule has 1 heterocycles. The molecule has 1 N–H and O–H groups in total. The number of sulfonamides is 1. The molecule has 0 spiro atoms. The van der Waals surface area contributed by atoms with E-state index in [9.17, 15) is 13.5 Å². The van der Waals surface area contributed by atoms with Crippen LogP contribution in [0.2, 0.25) is 5.02 Å². The molecule has 3 fully saturated rings. The molecule has 5 nitrogen and oxygen atoms in total. The molecule has 1 aromatic carbocycles. The molecular weight excluding hydrogens is 350 g/mol. The Morgan fingerprint density at radius 3 is 2.42 bits per heavy atom. The lowest BCUT2D eigenvalue weighted by molar-refractivity contribution is -0.0475. The van der Waals surface area contributed by atoms with Crippen molar-refractivity contribution in [3.63, 3.8) is 0 Å². The molecule has 3 aliphatic rings. The molecule has 0 aromatic heterocycles. The highest BCUT2D eigenvalue weighted by Gasteiger charge is 2.58. The molecule has 0 unspecified atom stereocenters. The van der Waals surface area contributed by atoms with Crippen LogP contribution in [0.15, 0.2) is 29.2 Å². The first-order chi connectivity index (χ1) is 11.5. The molecule has 0 amide bonds. The van der Waals surface area contributed by atoms with E-state index in [4.69, 9.17) is 16.3 Å². The summed E-state index contributed by atoms with van der Waals surface area (Å²) in [6, 6.07) is 5.92. The van der Waals surface area contributed by atoms with Crippen molar-refractivity contribution < 1.29 is 18.3 Å². The summed E-state index contributed by atoms with van der Waals surface area (Å²) >= 11 is 5.91. The number of hydrogen-bond acceptors (Lipinski definition) is 4. The highest BCUT2D eigenvalue weighted by molar-refractivity contribution is 7.89. The molecule has 1 saturated heterocycles. The van der Waals surface area contributed by atoms with Crippen LogP contribution in [0.1, 0.15) is 25.7 Å². The van der Waals surface area contributed by atoms with Gasteiger partial charge in [-0.05, 0) is 55.9 Å².